The fourth-order valence-corrected chi connectivity index (χ4v) is 3.09. The van der Waals surface area contributed by atoms with Gasteiger partial charge in [0.15, 0.2) is 11.6 Å². The van der Waals surface area contributed by atoms with Crippen LogP contribution in [0, 0.1) is 5.82 Å². The molecule has 0 saturated heterocycles. The molecule has 1 saturated carbocycles. The molecule has 2 rings (SSSR count). The van der Waals surface area contributed by atoms with E-state index < -0.39 is 5.60 Å². The Morgan fingerprint density at radius 2 is 2.10 bits per heavy atom. The molecule has 1 fully saturated rings. The number of nitrogens with one attached hydrogen (secondary N) is 1. The number of aliphatic hydroxyl groups is 1. The van der Waals surface area contributed by atoms with Crippen LogP contribution in [0.1, 0.15) is 44.6 Å². The normalized spacial score (nSPS) is 25.8. The van der Waals surface area contributed by atoms with E-state index in [9.17, 15) is 9.50 Å². The monoisotopic (exact) mass is 295 g/mol. The summed E-state index contributed by atoms with van der Waals surface area (Å²) in [4.78, 5) is 0. The van der Waals surface area contributed by atoms with Crippen LogP contribution in [0.3, 0.4) is 0 Å². The molecular formula is C17H26FNO2. The second-order valence-corrected chi connectivity index (χ2v) is 6.06. The van der Waals surface area contributed by atoms with E-state index >= 15 is 0 Å². The molecule has 0 heterocycles. The molecule has 0 unspecified atom stereocenters. The molecule has 0 bridgehead atoms. The highest BCUT2D eigenvalue weighted by Gasteiger charge is 2.34. The summed E-state index contributed by atoms with van der Waals surface area (Å²) in [5.41, 5.74) is -0.255. The van der Waals surface area contributed by atoms with Gasteiger partial charge in [-0.15, -0.1) is 0 Å². The molecule has 2 N–H and O–H groups in total. The molecule has 21 heavy (non-hydrogen) atoms. The van der Waals surface area contributed by atoms with Crippen molar-refractivity contribution in [1.82, 2.24) is 5.32 Å². The van der Waals surface area contributed by atoms with Crippen LogP contribution in [0.15, 0.2) is 18.2 Å². The Hall–Kier alpha value is -1.13. The van der Waals surface area contributed by atoms with E-state index in [4.69, 9.17) is 4.74 Å². The van der Waals surface area contributed by atoms with Gasteiger partial charge in [-0.3, -0.25) is 0 Å². The van der Waals surface area contributed by atoms with Crippen LogP contribution in [0.2, 0.25) is 0 Å². The van der Waals surface area contributed by atoms with Crippen LogP contribution in [0.4, 0.5) is 4.39 Å². The molecule has 1 aliphatic rings. The van der Waals surface area contributed by atoms with Gasteiger partial charge in [0.05, 0.1) is 12.7 Å². The van der Waals surface area contributed by atoms with Crippen LogP contribution in [-0.2, 0) is 6.42 Å². The minimum atomic E-state index is -0.794. The van der Waals surface area contributed by atoms with Crippen molar-refractivity contribution in [2.24, 2.45) is 0 Å². The minimum absolute atomic E-state index is 0.245. The minimum Gasteiger partial charge on any atom is -0.494 e. The van der Waals surface area contributed by atoms with Crippen LogP contribution >= 0.6 is 0 Å². The highest BCUT2D eigenvalue weighted by atomic mass is 19.1. The number of hydrogen-bond acceptors (Lipinski definition) is 3. The molecule has 0 aliphatic heterocycles. The molecule has 0 amide bonds. The summed E-state index contributed by atoms with van der Waals surface area (Å²) >= 11 is 0. The molecule has 4 heteroatoms. The number of rotatable bonds is 6. The summed E-state index contributed by atoms with van der Waals surface area (Å²) in [6.07, 6.45) is 4.80. The first kappa shape index (κ1) is 16.2. The third kappa shape index (κ3) is 4.17. The lowest BCUT2D eigenvalue weighted by Gasteiger charge is -2.36. The van der Waals surface area contributed by atoms with Gasteiger partial charge in [-0.1, -0.05) is 19.1 Å². The molecule has 0 spiro atoms. The summed E-state index contributed by atoms with van der Waals surface area (Å²) in [6, 6.07) is 5.60. The van der Waals surface area contributed by atoms with E-state index in [1.54, 1.807) is 18.2 Å². The number of hydrogen-bond donors (Lipinski definition) is 2. The third-order valence-electron chi connectivity index (χ3n) is 4.38. The highest BCUT2D eigenvalue weighted by molar-refractivity contribution is 5.32. The van der Waals surface area contributed by atoms with E-state index in [-0.39, 0.29) is 11.6 Å². The molecule has 1 aromatic carbocycles. The first-order chi connectivity index (χ1) is 10.1. The molecule has 0 radical (unpaired) electrons. The molecule has 1 aliphatic carbocycles. The van der Waals surface area contributed by atoms with Crippen molar-refractivity contribution in [2.45, 2.75) is 57.1 Å². The van der Waals surface area contributed by atoms with Gasteiger partial charge in [-0.25, -0.2) is 4.39 Å². The Balaban J connectivity index is 1.97. The summed E-state index contributed by atoms with van der Waals surface area (Å²) < 4.78 is 19.2. The lowest BCUT2D eigenvalue weighted by atomic mass is 9.78. The fourth-order valence-electron chi connectivity index (χ4n) is 3.09. The second-order valence-electron chi connectivity index (χ2n) is 6.06. The standard InChI is InChI=1S/C17H26FNO2/c1-3-11-19-14-7-9-17(20,10-8-14)12-13-5-4-6-15(21-2)16(13)18/h4-6,14,19-20H,3,7-12H2,1-2H3. The molecule has 0 aromatic heterocycles. The second kappa shape index (κ2) is 7.23. The van der Waals surface area contributed by atoms with Crippen molar-refractivity contribution >= 4 is 0 Å². The molecule has 118 valence electrons. The number of halogens is 1. The maximum absolute atomic E-state index is 14.2. The van der Waals surface area contributed by atoms with Gasteiger partial charge in [0.1, 0.15) is 0 Å². The van der Waals surface area contributed by atoms with Gasteiger partial charge < -0.3 is 15.2 Å². The Morgan fingerprint density at radius 3 is 2.71 bits per heavy atom. The quantitative estimate of drug-likeness (QED) is 0.847. The van der Waals surface area contributed by atoms with Gasteiger partial charge in [-0.2, -0.15) is 0 Å². The zero-order chi connectivity index (χ0) is 15.3. The number of methoxy groups -OCH3 is 1. The van der Waals surface area contributed by atoms with Gasteiger partial charge in [-0.05, 0) is 50.3 Å². The smallest absolute Gasteiger partial charge is 0.168 e. The van der Waals surface area contributed by atoms with Gasteiger partial charge >= 0.3 is 0 Å². The van der Waals surface area contributed by atoms with Crippen LogP contribution < -0.4 is 10.1 Å². The third-order valence-corrected chi connectivity index (χ3v) is 4.38. The first-order valence-electron chi connectivity index (χ1n) is 7.85. The number of benzene rings is 1. The van der Waals surface area contributed by atoms with E-state index in [0.29, 0.717) is 30.9 Å². The lowest BCUT2D eigenvalue weighted by molar-refractivity contribution is -0.00377. The highest BCUT2D eigenvalue weighted by Crippen LogP contribution is 2.33. The predicted octanol–water partition coefficient (Wildman–Crippen LogP) is 3.05. The van der Waals surface area contributed by atoms with Crippen molar-refractivity contribution in [3.8, 4) is 5.75 Å². The lowest BCUT2D eigenvalue weighted by Crippen LogP contribution is -2.42. The maximum Gasteiger partial charge on any atom is 0.168 e. The van der Waals surface area contributed by atoms with Crippen LogP contribution in [-0.4, -0.2) is 30.4 Å². The van der Waals surface area contributed by atoms with Crippen LogP contribution in [0.25, 0.3) is 0 Å². The first-order valence-corrected chi connectivity index (χ1v) is 7.85. The average Bonchev–Trinajstić information content (AvgIpc) is 2.49. The van der Waals surface area contributed by atoms with Crippen molar-refractivity contribution < 1.29 is 14.2 Å². The summed E-state index contributed by atoms with van der Waals surface area (Å²) in [5.74, 6) is -0.103. The topological polar surface area (TPSA) is 41.5 Å². The average molecular weight is 295 g/mol. The van der Waals surface area contributed by atoms with Crippen molar-refractivity contribution in [3.63, 3.8) is 0 Å². The molecule has 0 atom stereocenters. The Bertz CT molecular complexity index is 456. The van der Waals surface area contributed by atoms with Crippen molar-refractivity contribution in [1.29, 1.82) is 0 Å². The van der Waals surface area contributed by atoms with Gasteiger partial charge in [0.25, 0.3) is 0 Å². The SMILES string of the molecule is CCCNC1CCC(O)(Cc2cccc(OC)c2F)CC1. The van der Waals surface area contributed by atoms with Crippen molar-refractivity contribution in [2.75, 3.05) is 13.7 Å². The Labute approximate surface area is 126 Å². The summed E-state index contributed by atoms with van der Waals surface area (Å²) in [7, 11) is 1.46. The Kier molecular flexibility index (Phi) is 5.59. The van der Waals surface area contributed by atoms with E-state index in [1.807, 2.05) is 0 Å². The zero-order valence-electron chi connectivity index (χ0n) is 13.0. The van der Waals surface area contributed by atoms with Gasteiger partial charge in [0, 0.05) is 12.5 Å². The summed E-state index contributed by atoms with van der Waals surface area (Å²) in [5, 5.41) is 14.2. The Morgan fingerprint density at radius 1 is 1.38 bits per heavy atom. The molecule has 1 aromatic rings. The van der Waals surface area contributed by atoms with E-state index in [1.165, 1.54) is 7.11 Å². The summed E-state index contributed by atoms with van der Waals surface area (Å²) in [6.45, 7) is 3.17. The largest absolute Gasteiger partial charge is 0.494 e. The van der Waals surface area contributed by atoms with E-state index in [2.05, 4.69) is 12.2 Å². The van der Waals surface area contributed by atoms with Crippen LogP contribution in [0.5, 0.6) is 5.75 Å². The number of ether oxygens (including phenoxy) is 1. The fraction of sp³-hybridized carbons (Fsp3) is 0.647. The predicted molar refractivity (Wildman–Crippen MR) is 82.2 cm³/mol. The van der Waals surface area contributed by atoms with Crippen molar-refractivity contribution in [3.05, 3.63) is 29.6 Å². The molecular weight excluding hydrogens is 269 g/mol. The maximum atomic E-state index is 14.2. The van der Waals surface area contributed by atoms with Gasteiger partial charge in [0.2, 0.25) is 0 Å². The van der Waals surface area contributed by atoms with E-state index in [0.717, 1.165) is 25.8 Å². The zero-order valence-corrected chi connectivity index (χ0v) is 13.0. The molecule has 3 nitrogen and oxygen atoms in total.